The van der Waals surface area contributed by atoms with Crippen LogP contribution in [-0.4, -0.2) is 16.0 Å². The fraction of sp³-hybridized carbons (Fsp3) is 0.111. The van der Waals surface area contributed by atoms with Crippen LogP contribution in [0.15, 0.2) is 54.7 Å². The van der Waals surface area contributed by atoms with Crippen LogP contribution in [0.3, 0.4) is 0 Å². The van der Waals surface area contributed by atoms with E-state index in [1.165, 1.54) is 30.5 Å². The van der Waals surface area contributed by atoms with Gasteiger partial charge < -0.3 is 10.4 Å². The second kappa shape index (κ2) is 6.43. The summed E-state index contributed by atoms with van der Waals surface area (Å²) in [4.78, 5) is 16.3. The Balaban J connectivity index is 1.84. The Bertz CT molecular complexity index is 939. The number of fused-ring (bicyclic) bond motifs is 1. The number of pyridine rings is 1. The molecule has 0 atom stereocenters. The van der Waals surface area contributed by atoms with Gasteiger partial charge >= 0.3 is 6.18 Å². The number of aromatic hydroxyl groups is 1. The Kier molecular flexibility index (Phi) is 4.31. The minimum Gasteiger partial charge on any atom is -0.505 e. The fourth-order valence-electron chi connectivity index (χ4n) is 2.53. The lowest BCUT2D eigenvalue weighted by molar-refractivity contribution is -0.138. The largest absolute Gasteiger partial charge is 0.505 e. The molecule has 0 fully saturated rings. The predicted molar refractivity (Wildman–Crippen MR) is 86.0 cm³/mol. The Morgan fingerprint density at radius 1 is 1.08 bits per heavy atom. The summed E-state index contributed by atoms with van der Waals surface area (Å²) < 4.78 is 38.9. The summed E-state index contributed by atoms with van der Waals surface area (Å²) in [5.41, 5.74) is -0.650. The number of phenols is 1. The summed E-state index contributed by atoms with van der Waals surface area (Å²) in [6.07, 6.45) is -3.03. The fourth-order valence-corrected chi connectivity index (χ4v) is 2.53. The Morgan fingerprint density at radius 2 is 1.84 bits per heavy atom. The van der Waals surface area contributed by atoms with E-state index in [4.69, 9.17) is 0 Å². The molecule has 2 N–H and O–H groups in total. The van der Waals surface area contributed by atoms with Gasteiger partial charge in [-0.15, -0.1) is 0 Å². The lowest BCUT2D eigenvalue weighted by Crippen LogP contribution is -2.24. The molecule has 2 aromatic carbocycles. The number of nitrogens with zero attached hydrogens (tertiary/aromatic N) is 1. The molecule has 0 bridgehead atoms. The highest BCUT2D eigenvalue weighted by atomic mass is 19.4. The van der Waals surface area contributed by atoms with Gasteiger partial charge in [-0.05, 0) is 23.8 Å². The van der Waals surface area contributed by atoms with Crippen molar-refractivity contribution in [2.24, 2.45) is 0 Å². The molecule has 0 unspecified atom stereocenters. The van der Waals surface area contributed by atoms with Gasteiger partial charge in [-0.1, -0.05) is 30.3 Å². The molecule has 3 rings (SSSR count). The predicted octanol–water partition coefficient (Wildman–Crippen LogP) is 3.89. The lowest BCUT2D eigenvalue weighted by atomic mass is 10.1. The van der Waals surface area contributed by atoms with E-state index >= 15 is 0 Å². The molecule has 0 aliphatic heterocycles. The molecule has 3 aromatic rings. The number of amides is 1. The molecule has 25 heavy (non-hydrogen) atoms. The van der Waals surface area contributed by atoms with E-state index in [-0.39, 0.29) is 28.9 Å². The number of rotatable bonds is 3. The number of phenolic OH excluding ortho intramolecular Hbond substituents is 1. The molecule has 0 saturated carbocycles. The molecule has 0 saturated heterocycles. The molecule has 1 amide bonds. The zero-order valence-electron chi connectivity index (χ0n) is 12.8. The van der Waals surface area contributed by atoms with Crippen LogP contribution in [0, 0.1) is 0 Å². The number of nitrogens with one attached hydrogen (secondary N) is 1. The van der Waals surface area contributed by atoms with E-state index in [2.05, 4.69) is 10.3 Å². The monoisotopic (exact) mass is 346 g/mol. The van der Waals surface area contributed by atoms with Crippen molar-refractivity contribution in [3.05, 3.63) is 71.4 Å². The number of aromatic nitrogens is 1. The molecule has 0 aliphatic rings. The Labute approximate surface area is 140 Å². The van der Waals surface area contributed by atoms with Gasteiger partial charge in [0.2, 0.25) is 0 Å². The van der Waals surface area contributed by atoms with E-state index in [9.17, 15) is 23.1 Å². The average molecular weight is 346 g/mol. The maximum Gasteiger partial charge on any atom is 0.416 e. The zero-order valence-corrected chi connectivity index (χ0v) is 12.8. The summed E-state index contributed by atoms with van der Waals surface area (Å²) in [7, 11) is 0. The van der Waals surface area contributed by atoms with E-state index in [0.29, 0.717) is 5.39 Å². The van der Waals surface area contributed by atoms with E-state index in [0.717, 1.165) is 6.07 Å². The number of benzene rings is 2. The second-order valence-electron chi connectivity index (χ2n) is 5.37. The summed E-state index contributed by atoms with van der Waals surface area (Å²) >= 11 is 0. The van der Waals surface area contributed by atoms with Crippen molar-refractivity contribution < 1.29 is 23.1 Å². The normalized spacial score (nSPS) is 11.5. The van der Waals surface area contributed by atoms with Gasteiger partial charge in [0.05, 0.1) is 11.1 Å². The number of carbonyl (C=O) groups excluding carboxylic acids is 1. The molecule has 0 spiro atoms. The number of hydrogen-bond acceptors (Lipinski definition) is 3. The molecule has 1 aromatic heterocycles. The van der Waals surface area contributed by atoms with Crippen molar-refractivity contribution in [3.8, 4) is 5.75 Å². The molecular weight excluding hydrogens is 333 g/mol. The minimum absolute atomic E-state index is 0.0457. The molecular formula is C18H13F3N2O2. The minimum atomic E-state index is -4.50. The first-order chi connectivity index (χ1) is 11.9. The van der Waals surface area contributed by atoms with E-state index in [1.54, 1.807) is 18.2 Å². The van der Waals surface area contributed by atoms with Crippen molar-refractivity contribution in [2.45, 2.75) is 12.7 Å². The van der Waals surface area contributed by atoms with Gasteiger partial charge in [-0.3, -0.25) is 9.78 Å². The third-order valence-electron chi connectivity index (χ3n) is 3.75. The van der Waals surface area contributed by atoms with Crippen molar-refractivity contribution in [2.75, 3.05) is 0 Å². The van der Waals surface area contributed by atoms with E-state index < -0.39 is 17.6 Å². The summed E-state index contributed by atoms with van der Waals surface area (Å²) in [6, 6.07) is 11.4. The molecule has 4 nitrogen and oxygen atoms in total. The van der Waals surface area contributed by atoms with Gasteiger partial charge in [-0.2, -0.15) is 13.2 Å². The highest BCUT2D eigenvalue weighted by Gasteiger charge is 2.32. The van der Waals surface area contributed by atoms with Crippen molar-refractivity contribution in [3.63, 3.8) is 0 Å². The highest BCUT2D eigenvalue weighted by Crippen LogP contribution is 2.32. The van der Waals surface area contributed by atoms with Crippen molar-refractivity contribution >= 4 is 16.8 Å². The van der Waals surface area contributed by atoms with Crippen LogP contribution in [0.4, 0.5) is 13.2 Å². The van der Waals surface area contributed by atoms with Crippen LogP contribution >= 0.6 is 0 Å². The van der Waals surface area contributed by atoms with Gasteiger partial charge in [0.15, 0.2) is 5.75 Å². The topological polar surface area (TPSA) is 62.2 Å². The number of alkyl halides is 3. The van der Waals surface area contributed by atoms with E-state index in [1.807, 2.05) is 0 Å². The average Bonchev–Trinajstić information content (AvgIpc) is 2.60. The maximum atomic E-state index is 13.0. The molecule has 1 heterocycles. The third kappa shape index (κ3) is 3.40. The number of halogens is 3. The van der Waals surface area contributed by atoms with Gasteiger partial charge in [0.1, 0.15) is 5.52 Å². The van der Waals surface area contributed by atoms with Gasteiger partial charge in [-0.25, -0.2) is 0 Å². The Morgan fingerprint density at radius 3 is 2.60 bits per heavy atom. The first-order valence-electron chi connectivity index (χ1n) is 7.38. The first-order valence-corrected chi connectivity index (χ1v) is 7.38. The second-order valence-corrected chi connectivity index (χ2v) is 5.37. The van der Waals surface area contributed by atoms with Gasteiger partial charge in [0.25, 0.3) is 5.91 Å². The standard InChI is InChI=1S/C18H13F3N2O2/c19-18(20,21)14-6-2-1-4-12(14)10-23-17(25)13-8-7-11-5-3-9-22-15(11)16(13)24/h1-9,24H,10H2,(H,23,25). The molecule has 0 aliphatic carbocycles. The van der Waals surface area contributed by atoms with Crippen molar-refractivity contribution in [1.82, 2.24) is 10.3 Å². The SMILES string of the molecule is O=C(NCc1ccccc1C(F)(F)F)c1ccc2cccnc2c1O. The highest BCUT2D eigenvalue weighted by molar-refractivity contribution is 6.02. The van der Waals surface area contributed by atoms with Crippen LogP contribution < -0.4 is 5.32 Å². The van der Waals surface area contributed by atoms with Crippen LogP contribution in [0.25, 0.3) is 10.9 Å². The van der Waals surface area contributed by atoms with Crippen molar-refractivity contribution in [1.29, 1.82) is 0 Å². The van der Waals surface area contributed by atoms with Crippen LogP contribution in [-0.2, 0) is 12.7 Å². The molecule has 7 heteroatoms. The summed E-state index contributed by atoms with van der Waals surface area (Å²) in [5.74, 6) is -0.985. The third-order valence-corrected chi connectivity index (χ3v) is 3.75. The first kappa shape index (κ1) is 16.8. The van der Waals surface area contributed by atoms with Crippen LogP contribution in [0.1, 0.15) is 21.5 Å². The number of hydrogen-bond donors (Lipinski definition) is 2. The lowest BCUT2D eigenvalue weighted by Gasteiger charge is -2.13. The van der Waals surface area contributed by atoms with Crippen LogP contribution in [0.2, 0.25) is 0 Å². The summed E-state index contributed by atoms with van der Waals surface area (Å²) in [6.45, 7) is -0.311. The molecule has 128 valence electrons. The quantitative estimate of drug-likeness (QED) is 0.756. The maximum absolute atomic E-state index is 13.0. The zero-order chi connectivity index (χ0) is 18.0. The number of carbonyl (C=O) groups is 1. The van der Waals surface area contributed by atoms with Crippen LogP contribution in [0.5, 0.6) is 5.75 Å². The van der Waals surface area contributed by atoms with Gasteiger partial charge in [0, 0.05) is 18.1 Å². The summed E-state index contributed by atoms with van der Waals surface area (Å²) in [5, 5.41) is 13.3. The smallest absolute Gasteiger partial charge is 0.416 e. The Hall–Kier alpha value is -3.09. The molecule has 0 radical (unpaired) electrons.